The van der Waals surface area contributed by atoms with Gasteiger partial charge >= 0.3 is 12.1 Å². The molecule has 1 unspecified atom stereocenters. The lowest BCUT2D eigenvalue weighted by Crippen LogP contribution is -2.11. The van der Waals surface area contributed by atoms with Crippen molar-refractivity contribution < 1.29 is 27.8 Å². The summed E-state index contributed by atoms with van der Waals surface area (Å²) in [6.07, 6.45) is -3.25. The van der Waals surface area contributed by atoms with Crippen LogP contribution in [0.25, 0.3) is 5.57 Å². The molecule has 2 aromatic rings. The summed E-state index contributed by atoms with van der Waals surface area (Å²) in [5.74, 6) is -0.620. The molecular formula is C23H23F3O3. The topological polar surface area (TPSA) is 46.5 Å². The van der Waals surface area contributed by atoms with E-state index in [9.17, 15) is 18.0 Å². The molecule has 3 rings (SSSR count). The van der Waals surface area contributed by atoms with Crippen LogP contribution in [0.15, 0.2) is 54.1 Å². The van der Waals surface area contributed by atoms with Crippen molar-refractivity contribution in [3.8, 4) is 5.75 Å². The van der Waals surface area contributed by atoms with E-state index in [4.69, 9.17) is 9.84 Å². The zero-order chi connectivity index (χ0) is 21.0. The molecule has 0 radical (unpaired) electrons. The van der Waals surface area contributed by atoms with Crippen molar-refractivity contribution >= 4 is 11.5 Å². The van der Waals surface area contributed by atoms with Crippen molar-refractivity contribution in [2.45, 2.75) is 38.8 Å². The van der Waals surface area contributed by atoms with Crippen LogP contribution in [0, 0.1) is 5.92 Å². The number of aliphatic carboxylic acids is 1. The summed E-state index contributed by atoms with van der Waals surface area (Å²) in [7, 11) is 0. The normalized spacial score (nSPS) is 16.9. The number of carboxylic acid groups (broad SMARTS) is 1. The van der Waals surface area contributed by atoms with E-state index in [1.54, 1.807) is 0 Å². The summed E-state index contributed by atoms with van der Waals surface area (Å²) in [4.78, 5) is 10.7. The second-order valence-corrected chi connectivity index (χ2v) is 7.32. The monoisotopic (exact) mass is 404 g/mol. The first-order valence-corrected chi connectivity index (χ1v) is 9.57. The van der Waals surface area contributed by atoms with Crippen LogP contribution in [0.2, 0.25) is 0 Å². The fourth-order valence-electron chi connectivity index (χ4n) is 3.81. The number of allylic oxidation sites excluding steroid dienone is 1. The van der Waals surface area contributed by atoms with Crippen LogP contribution in [0.3, 0.4) is 0 Å². The molecule has 6 heteroatoms. The second kappa shape index (κ2) is 8.72. The zero-order valence-corrected chi connectivity index (χ0v) is 16.1. The van der Waals surface area contributed by atoms with E-state index >= 15 is 0 Å². The van der Waals surface area contributed by atoms with E-state index < -0.39 is 17.7 Å². The number of aryl methyl sites for hydroxylation is 1. The number of halogens is 3. The highest BCUT2D eigenvalue weighted by atomic mass is 19.4. The first kappa shape index (κ1) is 21.0. The van der Waals surface area contributed by atoms with E-state index in [-0.39, 0.29) is 30.8 Å². The Hall–Kier alpha value is -2.76. The van der Waals surface area contributed by atoms with Crippen LogP contribution >= 0.6 is 0 Å². The lowest BCUT2D eigenvalue weighted by molar-refractivity contribution is -0.140. The van der Waals surface area contributed by atoms with Gasteiger partial charge in [0.1, 0.15) is 12.4 Å². The van der Waals surface area contributed by atoms with Gasteiger partial charge in [0.25, 0.3) is 0 Å². The third-order valence-electron chi connectivity index (χ3n) is 5.25. The molecule has 0 aromatic heterocycles. The first-order chi connectivity index (χ1) is 13.8. The summed E-state index contributed by atoms with van der Waals surface area (Å²) < 4.78 is 46.0. The maximum Gasteiger partial charge on any atom is 0.416 e. The number of carboxylic acids is 1. The molecule has 1 aliphatic rings. The van der Waals surface area contributed by atoms with E-state index in [1.807, 2.05) is 30.3 Å². The highest BCUT2D eigenvalue weighted by Gasteiger charge is 2.34. The van der Waals surface area contributed by atoms with Crippen LogP contribution in [0.5, 0.6) is 5.75 Å². The Morgan fingerprint density at radius 2 is 1.90 bits per heavy atom. The van der Waals surface area contributed by atoms with E-state index in [2.05, 4.69) is 6.92 Å². The highest BCUT2D eigenvalue weighted by molar-refractivity contribution is 5.72. The predicted molar refractivity (Wildman–Crippen MR) is 105 cm³/mol. The Labute approximate surface area is 167 Å². The van der Waals surface area contributed by atoms with Crippen LogP contribution in [0.4, 0.5) is 13.2 Å². The van der Waals surface area contributed by atoms with Gasteiger partial charge in [-0.1, -0.05) is 43.3 Å². The molecule has 0 spiro atoms. The fourth-order valence-corrected chi connectivity index (χ4v) is 3.81. The summed E-state index contributed by atoms with van der Waals surface area (Å²) in [5, 5.41) is 8.76. The summed E-state index contributed by atoms with van der Waals surface area (Å²) in [5.41, 5.74) is 2.56. The quantitative estimate of drug-likeness (QED) is 0.617. The highest BCUT2D eigenvalue weighted by Crippen LogP contribution is 2.39. The standard InChI is InChI=1S/C23H23F3O3/c1-15-7-8-18(22(15)17-5-3-2-4-6-17)14-29-19-11-9-16(10-12-21(27)28)20(13-19)23(24,25)26/h2-6,9,11,13,15H,7-8,10,12,14H2,1H3,(H,27,28). The maximum absolute atomic E-state index is 13.4. The minimum Gasteiger partial charge on any atom is -0.489 e. The van der Waals surface area contributed by atoms with E-state index in [1.165, 1.54) is 17.7 Å². The van der Waals surface area contributed by atoms with Crippen molar-refractivity contribution in [2.24, 2.45) is 5.92 Å². The van der Waals surface area contributed by atoms with Gasteiger partial charge in [-0.05, 0) is 59.6 Å². The number of hydrogen-bond acceptors (Lipinski definition) is 2. The number of ether oxygens (including phenoxy) is 1. The lowest BCUT2D eigenvalue weighted by atomic mass is 9.95. The molecule has 29 heavy (non-hydrogen) atoms. The Balaban J connectivity index is 1.81. The number of alkyl halides is 3. The third-order valence-corrected chi connectivity index (χ3v) is 5.25. The van der Waals surface area contributed by atoms with Crippen molar-refractivity contribution in [1.82, 2.24) is 0 Å². The second-order valence-electron chi connectivity index (χ2n) is 7.32. The molecule has 1 N–H and O–H groups in total. The van der Waals surface area contributed by atoms with Gasteiger partial charge in [0.05, 0.1) is 5.56 Å². The van der Waals surface area contributed by atoms with Gasteiger partial charge in [0.15, 0.2) is 0 Å². The minimum absolute atomic E-state index is 0.0362. The van der Waals surface area contributed by atoms with Crippen LogP contribution in [-0.4, -0.2) is 17.7 Å². The van der Waals surface area contributed by atoms with Crippen LogP contribution < -0.4 is 4.74 Å². The average Bonchev–Trinajstić information content (AvgIpc) is 3.05. The molecule has 0 saturated heterocycles. The largest absolute Gasteiger partial charge is 0.489 e. The smallest absolute Gasteiger partial charge is 0.416 e. The number of carbonyl (C=O) groups is 1. The molecule has 0 saturated carbocycles. The summed E-state index contributed by atoms with van der Waals surface area (Å²) >= 11 is 0. The van der Waals surface area contributed by atoms with Crippen molar-refractivity contribution in [1.29, 1.82) is 0 Å². The zero-order valence-electron chi connectivity index (χ0n) is 16.1. The average molecular weight is 404 g/mol. The van der Waals surface area contributed by atoms with Crippen molar-refractivity contribution in [3.05, 3.63) is 70.8 Å². The molecule has 2 aromatic carbocycles. The fraction of sp³-hybridized carbons (Fsp3) is 0.348. The number of rotatable bonds is 7. The molecule has 0 fully saturated rings. The van der Waals surface area contributed by atoms with Gasteiger partial charge in [0, 0.05) is 6.42 Å². The van der Waals surface area contributed by atoms with Gasteiger partial charge in [-0.3, -0.25) is 4.79 Å². The SMILES string of the molecule is CC1CCC(COc2ccc(CCC(=O)O)c(C(F)(F)F)c2)=C1c1ccccc1. The van der Waals surface area contributed by atoms with Crippen molar-refractivity contribution in [3.63, 3.8) is 0 Å². The van der Waals surface area contributed by atoms with Crippen molar-refractivity contribution in [2.75, 3.05) is 6.61 Å². The summed E-state index contributed by atoms with van der Waals surface area (Å²) in [6.45, 7) is 2.38. The Bertz CT molecular complexity index is 901. The molecular weight excluding hydrogens is 381 g/mol. The Morgan fingerprint density at radius 3 is 2.55 bits per heavy atom. The minimum atomic E-state index is -4.57. The molecule has 3 nitrogen and oxygen atoms in total. The van der Waals surface area contributed by atoms with Crippen LogP contribution in [0.1, 0.15) is 42.9 Å². The molecule has 0 bridgehead atoms. The molecule has 0 amide bonds. The molecule has 1 atom stereocenters. The van der Waals surface area contributed by atoms with Crippen LogP contribution in [-0.2, 0) is 17.4 Å². The Kier molecular flexibility index (Phi) is 6.30. The Morgan fingerprint density at radius 1 is 1.17 bits per heavy atom. The van der Waals surface area contributed by atoms with Gasteiger partial charge in [0.2, 0.25) is 0 Å². The molecule has 154 valence electrons. The molecule has 0 heterocycles. The molecule has 0 aliphatic heterocycles. The lowest BCUT2D eigenvalue weighted by Gasteiger charge is -2.16. The third kappa shape index (κ3) is 5.19. The predicted octanol–water partition coefficient (Wildman–Crippen LogP) is 5.99. The summed E-state index contributed by atoms with van der Waals surface area (Å²) in [6, 6.07) is 13.7. The van der Waals surface area contributed by atoms with E-state index in [0.717, 1.165) is 30.0 Å². The molecule has 1 aliphatic carbocycles. The van der Waals surface area contributed by atoms with E-state index in [0.29, 0.717) is 5.92 Å². The number of benzene rings is 2. The van der Waals surface area contributed by atoms with Gasteiger partial charge in [-0.25, -0.2) is 0 Å². The first-order valence-electron chi connectivity index (χ1n) is 9.57. The number of hydrogen-bond donors (Lipinski definition) is 1. The maximum atomic E-state index is 13.4. The van der Waals surface area contributed by atoms with Gasteiger partial charge < -0.3 is 9.84 Å². The van der Waals surface area contributed by atoms with Gasteiger partial charge in [-0.2, -0.15) is 13.2 Å². The van der Waals surface area contributed by atoms with Gasteiger partial charge in [-0.15, -0.1) is 0 Å².